The molecule has 0 bridgehead atoms. The summed E-state index contributed by atoms with van der Waals surface area (Å²) in [5.74, 6) is 1.76. The van der Waals surface area contributed by atoms with Crippen LogP contribution < -0.4 is 10.2 Å². The van der Waals surface area contributed by atoms with E-state index in [0.717, 1.165) is 43.5 Å². The highest BCUT2D eigenvalue weighted by atomic mass is 16.2. The number of carbonyl (C=O) groups is 1. The van der Waals surface area contributed by atoms with Gasteiger partial charge in [0, 0.05) is 38.4 Å². The maximum atomic E-state index is 12.5. The van der Waals surface area contributed by atoms with Crippen molar-refractivity contribution in [3.05, 3.63) is 36.2 Å². The monoisotopic (exact) mass is 356 g/mol. The number of rotatable bonds is 4. The van der Waals surface area contributed by atoms with Crippen molar-refractivity contribution in [1.82, 2.24) is 19.7 Å². The second kappa shape index (κ2) is 7.45. The molecule has 7 nitrogen and oxygen atoms in total. The van der Waals surface area contributed by atoms with Crippen LogP contribution in [0.1, 0.15) is 26.5 Å². The highest BCUT2D eigenvalue weighted by molar-refractivity contribution is 5.91. The minimum Gasteiger partial charge on any atom is -0.354 e. The average molecular weight is 356 g/mol. The smallest absolute Gasteiger partial charge is 0.239 e. The molecule has 3 heterocycles. The lowest BCUT2D eigenvalue weighted by Gasteiger charge is -2.35. The maximum Gasteiger partial charge on any atom is 0.239 e. The second-order valence-corrected chi connectivity index (χ2v) is 7.75. The molecule has 140 valence electrons. The van der Waals surface area contributed by atoms with Crippen LogP contribution in [0, 0.1) is 6.92 Å². The number of aromatic nitrogens is 3. The van der Waals surface area contributed by atoms with Crippen molar-refractivity contribution in [2.24, 2.45) is 0 Å². The van der Waals surface area contributed by atoms with E-state index in [1.165, 1.54) is 0 Å². The molecule has 3 rings (SSSR count). The summed E-state index contributed by atoms with van der Waals surface area (Å²) in [4.78, 5) is 21.3. The molecule has 0 atom stereocenters. The van der Waals surface area contributed by atoms with Gasteiger partial charge in [-0.05, 0) is 39.8 Å². The SMILES string of the molecule is Cc1cc(NC(=O)CN2CCN(c3ccccn3)CC2)n(C(C)(C)C)n1. The molecule has 7 heteroatoms. The summed E-state index contributed by atoms with van der Waals surface area (Å²) < 4.78 is 1.87. The van der Waals surface area contributed by atoms with E-state index in [4.69, 9.17) is 0 Å². The van der Waals surface area contributed by atoms with Crippen LogP contribution in [-0.4, -0.2) is 58.3 Å². The van der Waals surface area contributed by atoms with Crippen LogP contribution in [0.2, 0.25) is 0 Å². The Morgan fingerprint density at radius 3 is 2.54 bits per heavy atom. The molecule has 2 aromatic rings. The highest BCUT2D eigenvalue weighted by Crippen LogP contribution is 2.21. The van der Waals surface area contributed by atoms with E-state index in [1.54, 1.807) is 0 Å². The summed E-state index contributed by atoms with van der Waals surface area (Å²) in [6, 6.07) is 7.87. The summed E-state index contributed by atoms with van der Waals surface area (Å²) >= 11 is 0. The predicted octanol–water partition coefficient (Wildman–Crippen LogP) is 2.10. The third-order valence-electron chi connectivity index (χ3n) is 4.45. The Bertz CT molecular complexity index is 741. The lowest BCUT2D eigenvalue weighted by molar-refractivity contribution is -0.117. The van der Waals surface area contributed by atoms with Crippen molar-refractivity contribution in [2.75, 3.05) is 42.9 Å². The van der Waals surface area contributed by atoms with Crippen LogP contribution in [0.15, 0.2) is 30.5 Å². The first kappa shape index (κ1) is 18.4. The van der Waals surface area contributed by atoms with Gasteiger partial charge in [-0.2, -0.15) is 5.10 Å². The average Bonchev–Trinajstić information content (AvgIpc) is 2.97. The lowest BCUT2D eigenvalue weighted by atomic mass is 10.1. The van der Waals surface area contributed by atoms with Gasteiger partial charge in [0.2, 0.25) is 5.91 Å². The lowest BCUT2D eigenvalue weighted by Crippen LogP contribution is -2.49. The van der Waals surface area contributed by atoms with Gasteiger partial charge in [-0.3, -0.25) is 9.69 Å². The van der Waals surface area contributed by atoms with Crippen molar-refractivity contribution in [3.8, 4) is 0 Å². The quantitative estimate of drug-likeness (QED) is 0.909. The number of piperazine rings is 1. The fourth-order valence-electron chi connectivity index (χ4n) is 3.16. The van der Waals surface area contributed by atoms with Crippen molar-refractivity contribution < 1.29 is 4.79 Å². The molecule has 26 heavy (non-hydrogen) atoms. The van der Waals surface area contributed by atoms with Crippen LogP contribution in [0.4, 0.5) is 11.6 Å². The standard InChI is InChI=1S/C19H28N6O/c1-15-13-17(25(22-15)19(2,3)4)21-18(26)14-23-9-11-24(12-10-23)16-7-5-6-8-20-16/h5-8,13H,9-12,14H2,1-4H3,(H,21,26). The fraction of sp³-hybridized carbons (Fsp3) is 0.526. The summed E-state index contributed by atoms with van der Waals surface area (Å²) in [6.45, 7) is 12.0. The number of hydrogen-bond acceptors (Lipinski definition) is 5. The number of aryl methyl sites for hydroxylation is 1. The summed E-state index contributed by atoms with van der Waals surface area (Å²) in [7, 11) is 0. The van der Waals surface area contributed by atoms with Gasteiger partial charge in [-0.1, -0.05) is 6.07 Å². The first-order valence-electron chi connectivity index (χ1n) is 9.08. The van der Waals surface area contributed by atoms with E-state index in [0.29, 0.717) is 6.54 Å². The zero-order valence-corrected chi connectivity index (χ0v) is 16.1. The Morgan fingerprint density at radius 1 is 1.19 bits per heavy atom. The molecular weight excluding hydrogens is 328 g/mol. The Hall–Kier alpha value is -2.41. The summed E-state index contributed by atoms with van der Waals surface area (Å²) in [5, 5.41) is 7.52. The van der Waals surface area contributed by atoms with Gasteiger partial charge in [-0.15, -0.1) is 0 Å². The number of nitrogens with one attached hydrogen (secondary N) is 1. The van der Waals surface area contributed by atoms with Crippen LogP contribution in [0.25, 0.3) is 0 Å². The molecule has 1 amide bonds. The number of hydrogen-bond donors (Lipinski definition) is 1. The molecule has 0 radical (unpaired) electrons. The molecule has 0 aromatic carbocycles. The highest BCUT2D eigenvalue weighted by Gasteiger charge is 2.22. The third-order valence-corrected chi connectivity index (χ3v) is 4.45. The second-order valence-electron chi connectivity index (χ2n) is 7.75. The summed E-state index contributed by atoms with van der Waals surface area (Å²) in [5.41, 5.74) is 0.727. The number of anilines is 2. The molecule has 1 saturated heterocycles. The first-order chi connectivity index (χ1) is 12.3. The molecule has 2 aromatic heterocycles. The Labute approximate surface area is 155 Å². The minimum absolute atomic E-state index is 0.00156. The van der Waals surface area contributed by atoms with Crippen molar-refractivity contribution in [1.29, 1.82) is 0 Å². The maximum absolute atomic E-state index is 12.5. The van der Waals surface area contributed by atoms with E-state index in [9.17, 15) is 4.79 Å². The van der Waals surface area contributed by atoms with E-state index in [-0.39, 0.29) is 11.4 Å². The van der Waals surface area contributed by atoms with Crippen molar-refractivity contribution >= 4 is 17.5 Å². The molecule has 1 aliphatic heterocycles. The van der Waals surface area contributed by atoms with E-state index in [2.05, 4.69) is 46.0 Å². The van der Waals surface area contributed by atoms with Crippen molar-refractivity contribution in [3.63, 3.8) is 0 Å². The number of pyridine rings is 1. The van der Waals surface area contributed by atoms with Gasteiger partial charge in [0.25, 0.3) is 0 Å². The Kier molecular flexibility index (Phi) is 5.27. The fourth-order valence-corrected chi connectivity index (χ4v) is 3.16. The number of amides is 1. The Balaban J connectivity index is 1.54. The number of nitrogens with zero attached hydrogens (tertiary/aromatic N) is 5. The van der Waals surface area contributed by atoms with Crippen molar-refractivity contribution in [2.45, 2.75) is 33.2 Å². The summed E-state index contributed by atoms with van der Waals surface area (Å²) in [6.07, 6.45) is 1.81. The normalized spacial score (nSPS) is 15.9. The van der Waals surface area contributed by atoms with Gasteiger partial charge >= 0.3 is 0 Å². The van der Waals surface area contributed by atoms with E-state index >= 15 is 0 Å². The Morgan fingerprint density at radius 2 is 1.92 bits per heavy atom. The molecule has 1 fully saturated rings. The van der Waals surface area contributed by atoms with Crippen LogP contribution >= 0.6 is 0 Å². The molecular formula is C19H28N6O. The van der Waals surface area contributed by atoms with Crippen LogP contribution in [0.3, 0.4) is 0 Å². The molecule has 0 saturated carbocycles. The zero-order valence-electron chi connectivity index (χ0n) is 16.1. The largest absolute Gasteiger partial charge is 0.354 e. The van der Waals surface area contributed by atoms with E-state index in [1.807, 2.05) is 42.1 Å². The first-order valence-corrected chi connectivity index (χ1v) is 9.08. The van der Waals surface area contributed by atoms with Gasteiger partial charge < -0.3 is 10.2 Å². The minimum atomic E-state index is -0.175. The molecule has 0 spiro atoms. The van der Waals surface area contributed by atoms with Crippen LogP contribution in [0.5, 0.6) is 0 Å². The molecule has 1 N–H and O–H groups in total. The van der Waals surface area contributed by atoms with Crippen LogP contribution in [-0.2, 0) is 10.3 Å². The molecule has 0 unspecified atom stereocenters. The van der Waals surface area contributed by atoms with Gasteiger partial charge in [0.05, 0.1) is 17.8 Å². The number of carbonyl (C=O) groups excluding carboxylic acids is 1. The molecule has 1 aliphatic rings. The van der Waals surface area contributed by atoms with E-state index < -0.39 is 0 Å². The van der Waals surface area contributed by atoms with Gasteiger partial charge in [-0.25, -0.2) is 9.67 Å². The third kappa shape index (κ3) is 4.40. The van der Waals surface area contributed by atoms with Gasteiger partial charge in [0.1, 0.15) is 11.6 Å². The topological polar surface area (TPSA) is 66.3 Å². The molecule has 0 aliphatic carbocycles. The predicted molar refractivity (Wildman–Crippen MR) is 103 cm³/mol. The zero-order chi connectivity index (χ0) is 18.7. The van der Waals surface area contributed by atoms with Gasteiger partial charge in [0.15, 0.2) is 0 Å².